The summed E-state index contributed by atoms with van der Waals surface area (Å²) in [5.41, 5.74) is 4.91. The van der Waals surface area contributed by atoms with Crippen LogP contribution in [0.3, 0.4) is 0 Å². The molecule has 5 nitrogen and oxygen atoms in total. The Morgan fingerprint density at radius 2 is 1.77 bits per heavy atom. The van der Waals surface area contributed by atoms with Gasteiger partial charge in [-0.15, -0.1) is 0 Å². The van der Waals surface area contributed by atoms with Gasteiger partial charge in [0.2, 0.25) is 0 Å². The molecule has 1 aromatic heterocycles. The lowest BCUT2D eigenvalue weighted by Crippen LogP contribution is -2.35. The summed E-state index contributed by atoms with van der Waals surface area (Å²) in [4.78, 5) is 29.9. The number of rotatable bonds is 5. The van der Waals surface area contributed by atoms with Crippen molar-refractivity contribution in [3.05, 3.63) is 75.8 Å². The molecule has 30 heavy (non-hydrogen) atoms. The van der Waals surface area contributed by atoms with E-state index < -0.39 is 0 Å². The third kappa shape index (κ3) is 4.16. The predicted octanol–water partition coefficient (Wildman–Crippen LogP) is 5.16. The Morgan fingerprint density at radius 1 is 1.07 bits per heavy atom. The fourth-order valence-corrected chi connectivity index (χ4v) is 4.64. The van der Waals surface area contributed by atoms with E-state index in [9.17, 15) is 9.59 Å². The fourth-order valence-electron chi connectivity index (χ4n) is 4.64. The van der Waals surface area contributed by atoms with Crippen LogP contribution in [0.25, 0.3) is 10.9 Å². The van der Waals surface area contributed by atoms with Crippen LogP contribution in [-0.2, 0) is 0 Å². The standard InChI is InChI=1S/C25H29N3O2/c1-3-6-18-9-11-19(12-10-18)20-13-15-21(16-14-20)24(29)27-28-17(2)26-23-8-5-4-7-22(23)25(28)30/h4-5,7-8,13-16,18-19H,3,6,9-12H2,1-2H3,(H,27,29). The molecule has 3 aromatic rings. The number of fused-ring (bicyclic) bond motifs is 1. The van der Waals surface area contributed by atoms with Crippen molar-refractivity contribution >= 4 is 16.8 Å². The van der Waals surface area contributed by atoms with E-state index >= 15 is 0 Å². The number of hydrogen-bond acceptors (Lipinski definition) is 3. The Labute approximate surface area is 177 Å². The Bertz CT molecular complexity index is 1090. The minimum Gasteiger partial charge on any atom is -0.267 e. The van der Waals surface area contributed by atoms with Gasteiger partial charge in [0.15, 0.2) is 0 Å². The highest BCUT2D eigenvalue weighted by Crippen LogP contribution is 2.37. The molecule has 0 unspecified atom stereocenters. The molecule has 1 N–H and O–H groups in total. The predicted molar refractivity (Wildman–Crippen MR) is 120 cm³/mol. The van der Waals surface area contributed by atoms with E-state index in [0.29, 0.717) is 28.2 Å². The lowest BCUT2D eigenvalue weighted by Gasteiger charge is -2.28. The normalized spacial score (nSPS) is 19.0. The second-order valence-corrected chi connectivity index (χ2v) is 8.39. The maximum Gasteiger partial charge on any atom is 0.280 e. The second kappa shape index (κ2) is 8.82. The van der Waals surface area contributed by atoms with Crippen molar-refractivity contribution in [2.75, 3.05) is 5.43 Å². The van der Waals surface area contributed by atoms with E-state index in [0.717, 1.165) is 5.92 Å². The van der Waals surface area contributed by atoms with E-state index in [2.05, 4.69) is 29.5 Å². The summed E-state index contributed by atoms with van der Waals surface area (Å²) in [6, 6.07) is 15.0. The molecule has 0 aliphatic heterocycles. The monoisotopic (exact) mass is 403 g/mol. The van der Waals surface area contributed by atoms with Gasteiger partial charge in [-0.2, -0.15) is 0 Å². The van der Waals surface area contributed by atoms with Gasteiger partial charge in [0.25, 0.3) is 11.5 Å². The van der Waals surface area contributed by atoms with Crippen molar-refractivity contribution < 1.29 is 4.79 Å². The average Bonchev–Trinajstić information content (AvgIpc) is 2.77. The average molecular weight is 404 g/mol. The van der Waals surface area contributed by atoms with Crippen LogP contribution < -0.4 is 11.0 Å². The lowest BCUT2D eigenvalue weighted by atomic mass is 9.77. The van der Waals surface area contributed by atoms with E-state index in [4.69, 9.17) is 0 Å². The molecule has 1 aliphatic carbocycles. The maximum absolute atomic E-state index is 12.8. The Morgan fingerprint density at radius 3 is 2.47 bits per heavy atom. The molecular formula is C25H29N3O2. The van der Waals surface area contributed by atoms with E-state index in [1.54, 1.807) is 25.1 Å². The number of carbonyl (C=O) groups is 1. The van der Waals surface area contributed by atoms with Gasteiger partial charge in [-0.25, -0.2) is 9.66 Å². The van der Waals surface area contributed by atoms with Crippen molar-refractivity contribution in [3.8, 4) is 0 Å². The maximum atomic E-state index is 12.8. The molecule has 0 bridgehead atoms. The van der Waals surface area contributed by atoms with E-state index in [1.165, 1.54) is 48.8 Å². The summed E-state index contributed by atoms with van der Waals surface area (Å²) in [7, 11) is 0. The van der Waals surface area contributed by atoms with Crippen LogP contribution in [-0.4, -0.2) is 15.6 Å². The highest BCUT2D eigenvalue weighted by molar-refractivity contribution is 6.00. The van der Waals surface area contributed by atoms with Crippen LogP contribution in [0.4, 0.5) is 0 Å². The summed E-state index contributed by atoms with van der Waals surface area (Å²) in [5, 5.41) is 0.484. The molecule has 1 fully saturated rings. The Kier molecular flexibility index (Phi) is 5.98. The smallest absolute Gasteiger partial charge is 0.267 e. The fraction of sp³-hybridized carbons (Fsp3) is 0.400. The van der Waals surface area contributed by atoms with Gasteiger partial charge in [-0.05, 0) is 74.3 Å². The number of carbonyl (C=O) groups excluding carboxylic acids is 1. The quantitative estimate of drug-likeness (QED) is 0.640. The highest BCUT2D eigenvalue weighted by atomic mass is 16.2. The van der Waals surface area contributed by atoms with Crippen molar-refractivity contribution in [1.82, 2.24) is 9.66 Å². The van der Waals surface area contributed by atoms with Gasteiger partial charge in [-0.1, -0.05) is 44.0 Å². The topological polar surface area (TPSA) is 64.0 Å². The van der Waals surface area contributed by atoms with Crippen molar-refractivity contribution in [2.24, 2.45) is 5.92 Å². The van der Waals surface area contributed by atoms with Gasteiger partial charge in [0.05, 0.1) is 10.9 Å². The molecule has 156 valence electrons. The summed E-state index contributed by atoms with van der Waals surface area (Å²) >= 11 is 0. The molecule has 0 atom stereocenters. The minimum atomic E-state index is -0.310. The van der Waals surface area contributed by atoms with Crippen LogP contribution in [0.2, 0.25) is 0 Å². The van der Waals surface area contributed by atoms with E-state index in [-0.39, 0.29) is 11.5 Å². The number of aromatic nitrogens is 2. The molecule has 0 radical (unpaired) electrons. The molecule has 2 aromatic carbocycles. The number of aryl methyl sites for hydroxylation is 1. The molecule has 1 saturated carbocycles. The first-order valence-electron chi connectivity index (χ1n) is 11.0. The van der Waals surface area contributed by atoms with Gasteiger partial charge >= 0.3 is 0 Å². The Balaban J connectivity index is 1.47. The minimum absolute atomic E-state index is 0.271. The lowest BCUT2D eigenvalue weighted by molar-refractivity contribution is 0.101. The molecule has 4 rings (SSSR count). The summed E-state index contributed by atoms with van der Waals surface area (Å²) in [6.07, 6.45) is 7.68. The summed E-state index contributed by atoms with van der Waals surface area (Å²) in [5.74, 6) is 1.61. The highest BCUT2D eigenvalue weighted by Gasteiger charge is 2.22. The van der Waals surface area contributed by atoms with Gasteiger partial charge in [0.1, 0.15) is 5.82 Å². The molecule has 1 heterocycles. The van der Waals surface area contributed by atoms with Crippen molar-refractivity contribution in [3.63, 3.8) is 0 Å². The van der Waals surface area contributed by atoms with E-state index in [1.807, 2.05) is 18.2 Å². The third-order valence-corrected chi connectivity index (χ3v) is 6.34. The number of amides is 1. The number of para-hydroxylation sites is 1. The zero-order valence-corrected chi connectivity index (χ0v) is 17.7. The van der Waals surface area contributed by atoms with Gasteiger partial charge in [-0.3, -0.25) is 15.0 Å². The van der Waals surface area contributed by atoms with Crippen LogP contribution in [0.1, 0.15) is 73.1 Å². The van der Waals surface area contributed by atoms with Crippen LogP contribution in [0.15, 0.2) is 53.3 Å². The third-order valence-electron chi connectivity index (χ3n) is 6.34. The first kappa shape index (κ1) is 20.3. The number of nitrogens with zero attached hydrogens (tertiary/aromatic N) is 2. The van der Waals surface area contributed by atoms with Crippen molar-refractivity contribution in [2.45, 2.75) is 58.3 Å². The number of benzene rings is 2. The number of hydrogen-bond donors (Lipinski definition) is 1. The van der Waals surface area contributed by atoms with Gasteiger partial charge < -0.3 is 0 Å². The van der Waals surface area contributed by atoms with Gasteiger partial charge in [0, 0.05) is 5.56 Å². The number of nitrogens with one attached hydrogen (secondary N) is 1. The zero-order valence-electron chi connectivity index (χ0n) is 17.7. The summed E-state index contributed by atoms with van der Waals surface area (Å²) in [6.45, 7) is 3.98. The molecule has 1 aliphatic rings. The van der Waals surface area contributed by atoms with Crippen LogP contribution >= 0.6 is 0 Å². The molecule has 0 saturated heterocycles. The van der Waals surface area contributed by atoms with Crippen molar-refractivity contribution in [1.29, 1.82) is 0 Å². The van der Waals surface area contributed by atoms with Crippen LogP contribution in [0, 0.1) is 12.8 Å². The SMILES string of the molecule is CCCC1CCC(c2ccc(C(=O)Nn3c(C)nc4ccccc4c3=O)cc2)CC1. The molecule has 5 heteroatoms. The van der Waals surface area contributed by atoms with Crippen LogP contribution in [0.5, 0.6) is 0 Å². The molecule has 0 spiro atoms. The largest absolute Gasteiger partial charge is 0.280 e. The first-order valence-corrected chi connectivity index (χ1v) is 11.0. The second-order valence-electron chi connectivity index (χ2n) is 8.39. The molecule has 1 amide bonds. The Hall–Kier alpha value is -2.95. The summed E-state index contributed by atoms with van der Waals surface area (Å²) < 4.78 is 1.23. The zero-order chi connectivity index (χ0) is 21.1. The first-order chi connectivity index (χ1) is 14.6. The molecular weight excluding hydrogens is 374 g/mol.